The van der Waals surface area contributed by atoms with E-state index >= 15 is 0 Å². The molecule has 1 heterocycles. The molecule has 0 N–H and O–H groups in total. The fourth-order valence-corrected chi connectivity index (χ4v) is 4.82. The average Bonchev–Trinajstić information content (AvgIpc) is 2.92. The zero-order chi connectivity index (χ0) is 24.5. The number of fused-ring (bicyclic) bond motifs is 2. The third-order valence-corrected chi connectivity index (χ3v) is 6.60. The molecule has 0 aliphatic heterocycles. The summed E-state index contributed by atoms with van der Waals surface area (Å²) in [5.74, 6) is 0. The Hall–Kier alpha value is -4.69. The van der Waals surface area contributed by atoms with Gasteiger partial charge in [-0.15, -0.1) is 0 Å². The number of hydrogen-bond donors (Lipinski definition) is 0. The van der Waals surface area contributed by atoms with Crippen LogP contribution >= 0.6 is 0 Å². The van der Waals surface area contributed by atoms with Crippen molar-refractivity contribution in [2.45, 2.75) is 6.92 Å². The van der Waals surface area contributed by atoms with Crippen molar-refractivity contribution >= 4 is 33.4 Å². The second-order valence-electron chi connectivity index (χ2n) is 9.03. The van der Waals surface area contributed by atoms with Crippen molar-refractivity contribution in [3.63, 3.8) is 0 Å². The quantitative estimate of drug-likeness (QED) is 0.245. The molecule has 0 spiro atoms. The lowest BCUT2D eigenvalue weighted by atomic mass is 9.91. The number of aryl methyl sites for hydroxylation is 1. The first-order chi connectivity index (χ1) is 17.7. The maximum absolute atomic E-state index is 13.5. The van der Waals surface area contributed by atoms with Crippen LogP contribution in [0.25, 0.3) is 44.5 Å². The smallest absolute Gasteiger partial charge is 0.344 e. The number of benzene rings is 5. The van der Waals surface area contributed by atoms with Crippen LogP contribution in [0.5, 0.6) is 0 Å². The largest absolute Gasteiger partial charge is 0.422 e. The van der Waals surface area contributed by atoms with Crippen LogP contribution < -0.4 is 5.63 Å². The van der Waals surface area contributed by atoms with E-state index < -0.39 is 0 Å². The van der Waals surface area contributed by atoms with Gasteiger partial charge in [-0.25, -0.2) is 4.79 Å². The van der Waals surface area contributed by atoms with Gasteiger partial charge in [0.1, 0.15) is 5.58 Å². The van der Waals surface area contributed by atoms with Crippen molar-refractivity contribution in [1.82, 2.24) is 0 Å². The predicted octanol–water partition coefficient (Wildman–Crippen LogP) is 8.51. The molecule has 0 bridgehead atoms. The van der Waals surface area contributed by atoms with Crippen molar-refractivity contribution < 1.29 is 4.42 Å². The second kappa shape index (κ2) is 9.16. The van der Waals surface area contributed by atoms with Crippen LogP contribution in [0.2, 0.25) is 0 Å². The monoisotopic (exact) mass is 464 g/mol. The van der Waals surface area contributed by atoms with Crippen LogP contribution in [0.15, 0.2) is 131 Å². The molecule has 0 unspecified atom stereocenters. The van der Waals surface area contributed by atoms with Gasteiger partial charge in [0.2, 0.25) is 0 Å². The molecule has 0 atom stereocenters. The Kier molecular flexibility index (Phi) is 5.55. The molecule has 0 radical (unpaired) electrons. The Labute approximate surface area is 209 Å². The molecule has 172 valence electrons. The highest BCUT2D eigenvalue weighted by atomic mass is 16.4. The fourth-order valence-electron chi connectivity index (χ4n) is 4.82. The first-order valence-electron chi connectivity index (χ1n) is 12.1. The minimum Gasteiger partial charge on any atom is -0.422 e. The van der Waals surface area contributed by atoms with Gasteiger partial charge >= 0.3 is 5.63 Å². The summed E-state index contributed by atoms with van der Waals surface area (Å²) in [4.78, 5) is 13.5. The van der Waals surface area contributed by atoms with E-state index in [4.69, 9.17) is 4.42 Å². The van der Waals surface area contributed by atoms with Gasteiger partial charge in [-0.05, 0) is 64.2 Å². The van der Waals surface area contributed by atoms with Crippen LogP contribution in [0, 0.1) is 6.92 Å². The normalized spacial score (nSPS) is 11.0. The van der Waals surface area contributed by atoms with Gasteiger partial charge in [-0.2, -0.15) is 0 Å². The minimum absolute atomic E-state index is 0.339. The molecule has 6 aromatic rings. The van der Waals surface area contributed by atoms with Crippen LogP contribution in [0.3, 0.4) is 0 Å². The van der Waals surface area contributed by atoms with Crippen molar-refractivity contribution in [1.29, 1.82) is 0 Å². The summed E-state index contributed by atoms with van der Waals surface area (Å²) in [5, 5.41) is 3.13. The molecule has 0 amide bonds. The van der Waals surface area contributed by atoms with E-state index in [9.17, 15) is 4.79 Å². The molecule has 1 aromatic heterocycles. The highest BCUT2D eigenvalue weighted by molar-refractivity contribution is 6.02. The van der Waals surface area contributed by atoms with Crippen molar-refractivity contribution in [2.75, 3.05) is 0 Å². The molecule has 0 saturated heterocycles. The molecule has 0 aliphatic rings. The lowest BCUT2D eigenvalue weighted by molar-refractivity contribution is 0.563. The standard InChI is InChI=1S/C34H24O2/c1-23-16-19-32-30(20-23)31(22-29(25-11-4-2-5-12-25)26-13-6-3-7-14-26)33(34(35)36-32)28-18-17-24-10-8-9-15-27(24)21-28/h2-22H,1H3. The maximum Gasteiger partial charge on any atom is 0.344 e. The lowest BCUT2D eigenvalue weighted by Gasteiger charge is -2.14. The van der Waals surface area contributed by atoms with Crippen molar-refractivity contribution in [2.24, 2.45) is 0 Å². The summed E-state index contributed by atoms with van der Waals surface area (Å²) in [7, 11) is 0. The lowest BCUT2D eigenvalue weighted by Crippen LogP contribution is -2.06. The molecule has 2 nitrogen and oxygen atoms in total. The highest BCUT2D eigenvalue weighted by Crippen LogP contribution is 2.35. The van der Waals surface area contributed by atoms with Gasteiger partial charge in [-0.1, -0.05) is 109 Å². The van der Waals surface area contributed by atoms with E-state index in [2.05, 4.69) is 67.6 Å². The minimum atomic E-state index is -0.339. The summed E-state index contributed by atoms with van der Waals surface area (Å²) in [6.45, 7) is 2.06. The molecule has 2 heteroatoms. The van der Waals surface area contributed by atoms with Crippen LogP contribution in [0.1, 0.15) is 22.3 Å². The van der Waals surface area contributed by atoms with Gasteiger partial charge in [0.15, 0.2) is 0 Å². The third-order valence-electron chi connectivity index (χ3n) is 6.60. The summed E-state index contributed by atoms with van der Waals surface area (Å²) >= 11 is 0. The first kappa shape index (κ1) is 21.8. The highest BCUT2D eigenvalue weighted by Gasteiger charge is 2.17. The molecular weight excluding hydrogens is 440 g/mol. The summed E-state index contributed by atoms with van der Waals surface area (Å²) in [6.07, 6.45) is 2.15. The van der Waals surface area contributed by atoms with Gasteiger partial charge < -0.3 is 4.42 Å². The molecule has 5 aromatic carbocycles. The average molecular weight is 465 g/mol. The number of rotatable bonds is 4. The molecule has 0 aliphatic carbocycles. The number of hydrogen-bond acceptors (Lipinski definition) is 2. The summed E-state index contributed by atoms with van der Waals surface area (Å²) in [5.41, 5.74) is 6.85. The SMILES string of the molecule is Cc1ccc2oc(=O)c(-c3ccc4ccccc4c3)c(C=C(c3ccccc3)c3ccccc3)c2c1. The third kappa shape index (κ3) is 4.03. The van der Waals surface area contributed by atoms with E-state index in [1.807, 2.05) is 66.7 Å². The molecule has 0 saturated carbocycles. The van der Waals surface area contributed by atoms with E-state index in [1.165, 1.54) is 0 Å². The summed E-state index contributed by atoms with van der Waals surface area (Å²) < 4.78 is 5.86. The topological polar surface area (TPSA) is 30.2 Å². The summed E-state index contributed by atoms with van der Waals surface area (Å²) in [6, 6.07) is 40.9. The maximum atomic E-state index is 13.5. The van der Waals surface area contributed by atoms with Gasteiger partial charge in [-0.3, -0.25) is 0 Å². The van der Waals surface area contributed by atoms with Crippen molar-refractivity contribution in [3.8, 4) is 11.1 Å². The van der Waals surface area contributed by atoms with E-state index in [1.54, 1.807) is 0 Å². The Balaban J connectivity index is 1.72. The fraction of sp³-hybridized carbons (Fsp3) is 0.0294. The zero-order valence-corrected chi connectivity index (χ0v) is 19.9. The van der Waals surface area contributed by atoms with E-state index in [-0.39, 0.29) is 5.63 Å². The molecule has 6 rings (SSSR count). The first-order valence-corrected chi connectivity index (χ1v) is 12.1. The van der Waals surface area contributed by atoms with Crippen LogP contribution in [-0.2, 0) is 0 Å². The van der Waals surface area contributed by atoms with Crippen LogP contribution in [0.4, 0.5) is 0 Å². The van der Waals surface area contributed by atoms with Gasteiger partial charge in [0.05, 0.1) is 5.56 Å². The predicted molar refractivity (Wildman–Crippen MR) is 150 cm³/mol. The van der Waals surface area contributed by atoms with Gasteiger partial charge in [0.25, 0.3) is 0 Å². The van der Waals surface area contributed by atoms with Gasteiger partial charge in [0, 0.05) is 10.9 Å². The van der Waals surface area contributed by atoms with E-state index in [0.29, 0.717) is 11.1 Å². The Morgan fingerprint density at radius 1 is 0.667 bits per heavy atom. The molecule has 0 fully saturated rings. The van der Waals surface area contributed by atoms with Crippen LogP contribution in [-0.4, -0.2) is 0 Å². The Morgan fingerprint density at radius 2 is 1.31 bits per heavy atom. The Morgan fingerprint density at radius 3 is 2.00 bits per heavy atom. The molecule has 36 heavy (non-hydrogen) atoms. The second-order valence-corrected chi connectivity index (χ2v) is 9.03. The Bertz CT molecular complexity index is 1750. The van der Waals surface area contributed by atoms with Crippen molar-refractivity contribution in [3.05, 3.63) is 154 Å². The zero-order valence-electron chi connectivity index (χ0n) is 19.9. The van der Waals surface area contributed by atoms with E-state index in [0.717, 1.165) is 49.5 Å². The molecular formula is C34H24O2.